The second kappa shape index (κ2) is 8.26. The first-order valence-electron chi connectivity index (χ1n) is 7.88. The Morgan fingerprint density at radius 1 is 0.852 bits per heavy atom. The molecular weight excluding hydrogens is 384 g/mol. The second-order valence-electron chi connectivity index (χ2n) is 5.52. The predicted molar refractivity (Wildman–Crippen MR) is 104 cm³/mol. The van der Waals surface area contributed by atoms with E-state index in [1.54, 1.807) is 60.1 Å². The van der Waals surface area contributed by atoms with Gasteiger partial charge in [0, 0.05) is 21.0 Å². The van der Waals surface area contributed by atoms with Crippen molar-refractivity contribution in [1.82, 2.24) is 5.48 Å². The molecule has 0 fully saturated rings. The molecular formula is C19H16N2O4S2. The zero-order chi connectivity index (χ0) is 19.3. The van der Waals surface area contributed by atoms with Gasteiger partial charge in [-0.2, -0.15) is 0 Å². The number of carbonyl (C=O) groups excluding carboxylic acids is 1. The van der Waals surface area contributed by atoms with Crippen LogP contribution in [0.3, 0.4) is 0 Å². The molecule has 3 N–H and O–H groups in total. The standard InChI is InChI=1S/C19H16N2O4S2/c22-19(20-23)14-6-4-8-16(12-14)26-17-9-5-7-15(13-17)21-27(24,25)18-10-2-1-3-11-18/h1-13,21,23H,(H,20,22). The average molecular weight is 400 g/mol. The number of nitrogens with one attached hydrogen (secondary N) is 2. The molecule has 1 amide bonds. The first-order chi connectivity index (χ1) is 13.0. The molecule has 6 nitrogen and oxygen atoms in total. The largest absolute Gasteiger partial charge is 0.288 e. The monoisotopic (exact) mass is 400 g/mol. The van der Waals surface area contributed by atoms with Crippen molar-refractivity contribution in [1.29, 1.82) is 0 Å². The molecule has 0 aromatic heterocycles. The summed E-state index contributed by atoms with van der Waals surface area (Å²) >= 11 is 1.37. The van der Waals surface area contributed by atoms with Crippen molar-refractivity contribution in [2.45, 2.75) is 14.7 Å². The maximum atomic E-state index is 12.4. The Morgan fingerprint density at radius 2 is 1.52 bits per heavy atom. The summed E-state index contributed by atoms with van der Waals surface area (Å²) < 4.78 is 27.4. The van der Waals surface area contributed by atoms with E-state index in [0.29, 0.717) is 11.3 Å². The second-order valence-corrected chi connectivity index (χ2v) is 8.35. The van der Waals surface area contributed by atoms with Gasteiger partial charge in [-0.15, -0.1) is 0 Å². The molecule has 3 aromatic rings. The van der Waals surface area contributed by atoms with Gasteiger partial charge in [0.25, 0.3) is 15.9 Å². The summed E-state index contributed by atoms with van der Waals surface area (Å²) in [5, 5.41) is 8.74. The van der Waals surface area contributed by atoms with Gasteiger partial charge in [-0.25, -0.2) is 13.9 Å². The van der Waals surface area contributed by atoms with Gasteiger partial charge in [-0.05, 0) is 48.5 Å². The van der Waals surface area contributed by atoms with E-state index >= 15 is 0 Å². The van der Waals surface area contributed by atoms with Crippen LogP contribution in [0.15, 0.2) is 93.5 Å². The topological polar surface area (TPSA) is 95.5 Å². The number of hydrogen-bond donors (Lipinski definition) is 3. The zero-order valence-electron chi connectivity index (χ0n) is 14.0. The van der Waals surface area contributed by atoms with Crippen molar-refractivity contribution in [3.63, 3.8) is 0 Å². The zero-order valence-corrected chi connectivity index (χ0v) is 15.6. The maximum absolute atomic E-state index is 12.4. The Morgan fingerprint density at radius 3 is 2.22 bits per heavy atom. The van der Waals surface area contributed by atoms with Crippen molar-refractivity contribution < 1.29 is 18.4 Å². The molecule has 0 aliphatic heterocycles. The molecule has 0 atom stereocenters. The third-order valence-electron chi connectivity index (χ3n) is 3.57. The van der Waals surface area contributed by atoms with E-state index in [9.17, 15) is 13.2 Å². The van der Waals surface area contributed by atoms with Crippen LogP contribution < -0.4 is 10.2 Å². The number of hydroxylamine groups is 1. The summed E-state index contributed by atoms with van der Waals surface area (Å²) in [6.07, 6.45) is 0. The highest BCUT2D eigenvalue weighted by Crippen LogP contribution is 2.30. The molecule has 0 saturated carbocycles. The lowest BCUT2D eigenvalue weighted by Gasteiger charge is -2.10. The molecule has 27 heavy (non-hydrogen) atoms. The molecule has 0 heterocycles. The summed E-state index contributed by atoms with van der Waals surface area (Å²) in [5.74, 6) is -0.596. The molecule has 8 heteroatoms. The van der Waals surface area contributed by atoms with Crippen LogP contribution in [0.5, 0.6) is 0 Å². The van der Waals surface area contributed by atoms with Crippen LogP contribution in [-0.2, 0) is 10.0 Å². The van der Waals surface area contributed by atoms with Gasteiger partial charge in [0.15, 0.2) is 0 Å². The summed E-state index contributed by atoms with van der Waals surface area (Å²) in [5.41, 5.74) is 2.36. The maximum Gasteiger partial charge on any atom is 0.274 e. The molecule has 0 bridgehead atoms. The number of benzene rings is 3. The quantitative estimate of drug-likeness (QED) is 0.433. The van der Waals surface area contributed by atoms with Gasteiger partial charge < -0.3 is 0 Å². The van der Waals surface area contributed by atoms with Crippen LogP contribution in [-0.4, -0.2) is 19.5 Å². The summed E-state index contributed by atoms with van der Waals surface area (Å²) in [7, 11) is -3.66. The number of carbonyl (C=O) groups is 1. The fourth-order valence-electron chi connectivity index (χ4n) is 2.34. The molecule has 0 saturated heterocycles. The van der Waals surface area contributed by atoms with Gasteiger partial charge in [-0.1, -0.05) is 42.1 Å². The average Bonchev–Trinajstić information content (AvgIpc) is 2.68. The summed E-state index contributed by atoms with van der Waals surface area (Å²) in [4.78, 5) is 13.3. The third-order valence-corrected chi connectivity index (χ3v) is 5.95. The molecule has 0 spiro atoms. The highest BCUT2D eigenvalue weighted by atomic mass is 32.2. The van der Waals surface area contributed by atoms with Crippen LogP contribution in [0.4, 0.5) is 5.69 Å². The lowest BCUT2D eigenvalue weighted by atomic mass is 10.2. The minimum Gasteiger partial charge on any atom is -0.288 e. The van der Waals surface area contributed by atoms with Crippen molar-refractivity contribution in [3.8, 4) is 0 Å². The van der Waals surface area contributed by atoms with Gasteiger partial charge in [0.2, 0.25) is 0 Å². The van der Waals surface area contributed by atoms with E-state index < -0.39 is 15.9 Å². The number of sulfonamides is 1. The fraction of sp³-hybridized carbons (Fsp3) is 0. The Hall–Kier alpha value is -2.81. The minimum absolute atomic E-state index is 0.186. The number of amides is 1. The Kier molecular flexibility index (Phi) is 5.80. The highest BCUT2D eigenvalue weighted by molar-refractivity contribution is 7.99. The van der Waals surface area contributed by atoms with Crippen LogP contribution >= 0.6 is 11.8 Å². The Bertz CT molecular complexity index is 1050. The Labute approximate surface area is 161 Å². The molecule has 0 aliphatic rings. The third kappa shape index (κ3) is 4.88. The molecule has 3 aromatic carbocycles. The first-order valence-corrected chi connectivity index (χ1v) is 10.2. The van der Waals surface area contributed by atoms with Crippen molar-refractivity contribution >= 4 is 33.4 Å². The number of hydrogen-bond acceptors (Lipinski definition) is 5. The van der Waals surface area contributed by atoms with Crippen LogP contribution in [0.2, 0.25) is 0 Å². The van der Waals surface area contributed by atoms with Crippen LogP contribution in [0.25, 0.3) is 0 Å². The first kappa shape index (κ1) is 19.0. The number of rotatable bonds is 6. The highest BCUT2D eigenvalue weighted by Gasteiger charge is 2.13. The van der Waals surface area contributed by atoms with Crippen molar-refractivity contribution in [2.75, 3.05) is 4.72 Å². The van der Waals surface area contributed by atoms with E-state index in [-0.39, 0.29) is 4.90 Å². The van der Waals surface area contributed by atoms with Crippen LogP contribution in [0.1, 0.15) is 10.4 Å². The smallest absolute Gasteiger partial charge is 0.274 e. The van der Waals surface area contributed by atoms with E-state index in [2.05, 4.69) is 4.72 Å². The lowest BCUT2D eigenvalue weighted by molar-refractivity contribution is 0.0706. The molecule has 0 aliphatic carbocycles. The molecule has 138 valence electrons. The molecule has 0 radical (unpaired) electrons. The number of anilines is 1. The minimum atomic E-state index is -3.66. The normalized spacial score (nSPS) is 11.0. The van der Waals surface area contributed by atoms with Crippen LogP contribution in [0, 0.1) is 0 Å². The van der Waals surface area contributed by atoms with Crippen molar-refractivity contribution in [2.24, 2.45) is 0 Å². The molecule has 3 rings (SSSR count). The van der Waals surface area contributed by atoms with Crippen molar-refractivity contribution in [3.05, 3.63) is 84.4 Å². The molecule has 0 unspecified atom stereocenters. The predicted octanol–water partition coefficient (Wildman–Crippen LogP) is 3.76. The van der Waals surface area contributed by atoms with Gasteiger partial charge in [-0.3, -0.25) is 14.7 Å². The Balaban J connectivity index is 1.79. The SMILES string of the molecule is O=C(NO)c1cccc(Sc2cccc(NS(=O)(=O)c3ccccc3)c2)c1. The van der Waals surface area contributed by atoms with E-state index in [1.807, 2.05) is 12.1 Å². The lowest BCUT2D eigenvalue weighted by Crippen LogP contribution is -2.18. The van der Waals surface area contributed by atoms with Gasteiger partial charge >= 0.3 is 0 Å². The van der Waals surface area contributed by atoms with Gasteiger partial charge in [0.1, 0.15) is 0 Å². The van der Waals surface area contributed by atoms with E-state index in [4.69, 9.17) is 5.21 Å². The summed E-state index contributed by atoms with van der Waals surface area (Å²) in [6, 6.07) is 21.8. The van der Waals surface area contributed by atoms with Gasteiger partial charge in [0.05, 0.1) is 4.90 Å². The van der Waals surface area contributed by atoms with E-state index in [0.717, 1.165) is 9.79 Å². The summed E-state index contributed by atoms with van der Waals surface area (Å²) in [6.45, 7) is 0. The fourth-order valence-corrected chi connectivity index (χ4v) is 4.35. The van der Waals surface area contributed by atoms with E-state index in [1.165, 1.54) is 23.9 Å².